The Hall–Kier alpha value is -1.63. The molecule has 0 fully saturated rings. The molecule has 0 rings (SSSR count). The number of rotatable bonds is 6. The Morgan fingerprint density at radius 3 is 2.12 bits per heavy atom. The maximum Gasteiger partial charge on any atom is 0.326 e. The molecule has 0 aliphatic heterocycles. The summed E-state index contributed by atoms with van der Waals surface area (Å²) in [5.74, 6) is -2.82. The molecule has 0 aromatic rings. The average molecular weight is 231 g/mol. The Bertz CT molecular complexity index is 290. The molecule has 0 saturated heterocycles. The van der Waals surface area contributed by atoms with Crippen LogP contribution in [0.1, 0.15) is 20.3 Å². The Labute approximate surface area is 93.2 Å². The highest BCUT2D eigenvalue weighted by Crippen LogP contribution is 2.02. The monoisotopic (exact) mass is 231 g/mol. The maximum atomic E-state index is 11.4. The van der Waals surface area contributed by atoms with Gasteiger partial charge < -0.3 is 21.9 Å². The summed E-state index contributed by atoms with van der Waals surface area (Å²) < 4.78 is 0. The van der Waals surface area contributed by atoms with Crippen molar-refractivity contribution in [2.45, 2.75) is 32.4 Å². The van der Waals surface area contributed by atoms with Crippen LogP contribution in [0, 0.1) is 5.92 Å². The van der Waals surface area contributed by atoms with Crippen molar-refractivity contribution in [2.75, 3.05) is 0 Å². The van der Waals surface area contributed by atoms with Crippen LogP contribution in [0.5, 0.6) is 0 Å². The van der Waals surface area contributed by atoms with Gasteiger partial charge in [-0.3, -0.25) is 9.59 Å². The van der Waals surface area contributed by atoms with E-state index in [4.69, 9.17) is 16.6 Å². The molecule has 0 aromatic heterocycles. The molecule has 0 spiro atoms. The van der Waals surface area contributed by atoms with Gasteiger partial charge >= 0.3 is 5.97 Å². The molecule has 7 heteroatoms. The van der Waals surface area contributed by atoms with Crippen molar-refractivity contribution in [3.05, 3.63) is 0 Å². The fraction of sp³-hybridized carbons (Fsp3) is 0.667. The molecule has 7 nitrogen and oxygen atoms in total. The lowest BCUT2D eigenvalue weighted by Crippen LogP contribution is -2.51. The first kappa shape index (κ1) is 14.4. The lowest BCUT2D eigenvalue weighted by molar-refractivity contribution is -0.143. The molecule has 2 atom stereocenters. The summed E-state index contributed by atoms with van der Waals surface area (Å²) >= 11 is 0. The Balaban J connectivity index is 4.40. The first-order chi connectivity index (χ1) is 7.25. The number of nitrogens with one attached hydrogen (secondary N) is 1. The van der Waals surface area contributed by atoms with Crippen LogP contribution in [0.15, 0.2) is 0 Å². The third kappa shape index (κ3) is 4.74. The molecule has 0 bridgehead atoms. The topological polar surface area (TPSA) is 136 Å². The van der Waals surface area contributed by atoms with Gasteiger partial charge in [-0.2, -0.15) is 0 Å². The lowest BCUT2D eigenvalue weighted by atomic mass is 10.0. The van der Waals surface area contributed by atoms with Gasteiger partial charge in [0.2, 0.25) is 11.8 Å². The van der Waals surface area contributed by atoms with E-state index in [2.05, 4.69) is 5.32 Å². The van der Waals surface area contributed by atoms with Gasteiger partial charge in [0, 0.05) is 0 Å². The second-order valence-corrected chi connectivity index (χ2v) is 3.85. The number of aliphatic carboxylic acids is 1. The van der Waals surface area contributed by atoms with E-state index in [-0.39, 0.29) is 12.3 Å². The molecule has 6 N–H and O–H groups in total. The lowest BCUT2D eigenvalue weighted by Gasteiger charge is -2.19. The summed E-state index contributed by atoms with van der Waals surface area (Å²) in [7, 11) is 0. The number of carboxylic acids is 1. The van der Waals surface area contributed by atoms with E-state index in [1.807, 2.05) is 0 Å². The highest BCUT2D eigenvalue weighted by molar-refractivity contribution is 5.90. The zero-order valence-corrected chi connectivity index (χ0v) is 9.27. The van der Waals surface area contributed by atoms with Gasteiger partial charge in [0.15, 0.2) is 0 Å². The summed E-state index contributed by atoms with van der Waals surface area (Å²) in [4.78, 5) is 32.7. The molecular weight excluding hydrogens is 214 g/mol. The highest BCUT2D eigenvalue weighted by atomic mass is 16.4. The van der Waals surface area contributed by atoms with Gasteiger partial charge in [-0.25, -0.2) is 4.79 Å². The molecule has 2 amide bonds. The van der Waals surface area contributed by atoms with Crippen LogP contribution in [0.3, 0.4) is 0 Å². The van der Waals surface area contributed by atoms with Crippen molar-refractivity contribution >= 4 is 17.8 Å². The minimum absolute atomic E-state index is 0.276. The number of primary amides is 1. The first-order valence-corrected chi connectivity index (χ1v) is 4.82. The van der Waals surface area contributed by atoms with E-state index < -0.39 is 29.9 Å². The zero-order chi connectivity index (χ0) is 12.9. The third-order valence-electron chi connectivity index (χ3n) is 1.99. The van der Waals surface area contributed by atoms with E-state index in [1.165, 1.54) is 0 Å². The SMILES string of the molecule is CC(C)[C@H](NC(=O)[C@H](N)CC(N)=O)C(=O)O. The second-order valence-electron chi connectivity index (χ2n) is 3.85. The van der Waals surface area contributed by atoms with E-state index in [0.29, 0.717) is 0 Å². The summed E-state index contributed by atoms with van der Waals surface area (Å²) in [6.45, 7) is 3.30. The molecular formula is C9H17N3O4. The molecule has 0 aliphatic rings. The van der Waals surface area contributed by atoms with Crippen LogP contribution in [0.2, 0.25) is 0 Å². The predicted molar refractivity (Wildman–Crippen MR) is 56.2 cm³/mol. The fourth-order valence-corrected chi connectivity index (χ4v) is 1.08. The fourth-order valence-electron chi connectivity index (χ4n) is 1.08. The van der Waals surface area contributed by atoms with E-state index in [1.54, 1.807) is 13.8 Å². The molecule has 0 aromatic carbocycles. The summed E-state index contributed by atoms with van der Waals surface area (Å²) in [5, 5.41) is 11.1. The molecule has 0 radical (unpaired) electrons. The van der Waals surface area contributed by atoms with Crippen molar-refractivity contribution in [1.29, 1.82) is 0 Å². The molecule has 0 unspecified atom stereocenters. The molecule has 16 heavy (non-hydrogen) atoms. The highest BCUT2D eigenvalue weighted by Gasteiger charge is 2.26. The summed E-state index contributed by atoms with van der Waals surface area (Å²) in [6, 6.07) is -2.13. The normalized spacial score (nSPS) is 14.2. The van der Waals surface area contributed by atoms with Gasteiger partial charge in [0.05, 0.1) is 12.5 Å². The minimum atomic E-state index is -1.14. The van der Waals surface area contributed by atoms with Crippen molar-refractivity contribution in [3.63, 3.8) is 0 Å². The van der Waals surface area contributed by atoms with Gasteiger partial charge in [0.25, 0.3) is 0 Å². The van der Waals surface area contributed by atoms with Crippen LogP contribution in [-0.4, -0.2) is 35.0 Å². The Kier molecular flexibility index (Phi) is 5.44. The summed E-state index contributed by atoms with van der Waals surface area (Å²) in [6.07, 6.45) is -0.309. The first-order valence-electron chi connectivity index (χ1n) is 4.82. The number of hydrogen-bond acceptors (Lipinski definition) is 4. The van der Waals surface area contributed by atoms with Crippen molar-refractivity contribution in [2.24, 2.45) is 17.4 Å². The second kappa shape index (κ2) is 6.06. The van der Waals surface area contributed by atoms with E-state index in [9.17, 15) is 14.4 Å². The number of carbonyl (C=O) groups is 3. The van der Waals surface area contributed by atoms with Gasteiger partial charge in [-0.1, -0.05) is 13.8 Å². The number of carbonyl (C=O) groups excluding carboxylic acids is 2. The van der Waals surface area contributed by atoms with Crippen LogP contribution >= 0.6 is 0 Å². The Morgan fingerprint density at radius 1 is 1.31 bits per heavy atom. The van der Waals surface area contributed by atoms with E-state index in [0.717, 1.165) is 0 Å². The number of hydrogen-bond donors (Lipinski definition) is 4. The number of carboxylic acid groups (broad SMARTS) is 1. The summed E-state index contributed by atoms with van der Waals surface area (Å²) in [5.41, 5.74) is 10.2. The third-order valence-corrected chi connectivity index (χ3v) is 1.99. The standard InChI is InChI=1S/C9H17N3O4/c1-4(2)7(9(15)16)12-8(14)5(10)3-6(11)13/h4-5,7H,3,10H2,1-2H3,(H2,11,13)(H,12,14)(H,15,16)/t5-,7+/m1/s1. The maximum absolute atomic E-state index is 11.4. The Morgan fingerprint density at radius 2 is 1.81 bits per heavy atom. The average Bonchev–Trinajstić information content (AvgIpc) is 2.11. The minimum Gasteiger partial charge on any atom is -0.480 e. The number of amides is 2. The quantitative estimate of drug-likeness (QED) is 0.437. The van der Waals surface area contributed by atoms with Crippen LogP contribution in [0.4, 0.5) is 0 Å². The predicted octanol–water partition coefficient (Wildman–Crippen LogP) is -1.59. The molecule has 0 aliphatic carbocycles. The van der Waals surface area contributed by atoms with Crippen LogP contribution in [-0.2, 0) is 14.4 Å². The van der Waals surface area contributed by atoms with Gasteiger partial charge in [0.1, 0.15) is 6.04 Å². The molecule has 92 valence electrons. The smallest absolute Gasteiger partial charge is 0.326 e. The molecule has 0 saturated carbocycles. The largest absolute Gasteiger partial charge is 0.480 e. The van der Waals surface area contributed by atoms with Gasteiger partial charge in [-0.15, -0.1) is 0 Å². The molecule has 0 heterocycles. The van der Waals surface area contributed by atoms with Crippen LogP contribution < -0.4 is 16.8 Å². The van der Waals surface area contributed by atoms with Gasteiger partial charge in [-0.05, 0) is 5.92 Å². The number of nitrogens with two attached hydrogens (primary N) is 2. The van der Waals surface area contributed by atoms with Crippen molar-refractivity contribution in [3.8, 4) is 0 Å². The van der Waals surface area contributed by atoms with E-state index >= 15 is 0 Å². The van der Waals surface area contributed by atoms with Crippen molar-refractivity contribution in [1.82, 2.24) is 5.32 Å². The van der Waals surface area contributed by atoms with Crippen LogP contribution in [0.25, 0.3) is 0 Å². The zero-order valence-electron chi connectivity index (χ0n) is 9.27. The van der Waals surface area contributed by atoms with Crippen molar-refractivity contribution < 1.29 is 19.5 Å².